The van der Waals surface area contributed by atoms with E-state index in [9.17, 15) is 13.2 Å². The Morgan fingerprint density at radius 3 is 2.44 bits per heavy atom. The Morgan fingerprint density at radius 1 is 1.12 bits per heavy atom. The number of carbonyl (C=O) groups is 1. The minimum atomic E-state index is -2.96. The number of hydrogen-bond acceptors (Lipinski definition) is 6. The van der Waals surface area contributed by atoms with Crippen molar-refractivity contribution in [3.05, 3.63) is 35.2 Å². The number of ketones is 1. The van der Waals surface area contributed by atoms with E-state index in [2.05, 4.69) is 9.59 Å². The largest absolute Gasteiger partial charge is 0.299 e. The van der Waals surface area contributed by atoms with E-state index in [0.717, 1.165) is 29.7 Å². The molecule has 0 bridgehead atoms. The van der Waals surface area contributed by atoms with Gasteiger partial charge in [0.25, 0.3) is 0 Å². The molecule has 0 aliphatic carbocycles. The Morgan fingerprint density at radius 2 is 1.84 bits per heavy atom. The van der Waals surface area contributed by atoms with Crippen LogP contribution in [0.5, 0.6) is 0 Å². The van der Waals surface area contributed by atoms with Crippen molar-refractivity contribution in [2.45, 2.75) is 51.2 Å². The van der Waals surface area contributed by atoms with E-state index < -0.39 is 9.84 Å². The van der Waals surface area contributed by atoms with Gasteiger partial charge in [0, 0.05) is 23.8 Å². The molecule has 2 aromatic rings. The number of benzene rings is 1. The highest BCUT2D eigenvalue weighted by atomic mass is 32.2. The van der Waals surface area contributed by atoms with Gasteiger partial charge in [-0.25, -0.2) is 8.42 Å². The maximum Gasteiger partial charge on any atom is 0.152 e. The Hall–Kier alpha value is -1.60. The van der Waals surface area contributed by atoms with Gasteiger partial charge in [0.05, 0.1) is 11.0 Å². The Balaban J connectivity index is 1.70. The summed E-state index contributed by atoms with van der Waals surface area (Å²) in [6.45, 7) is 3.41. The average Bonchev–Trinajstić information content (AvgIpc) is 3.09. The first-order chi connectivity index (χ1) is 11.9. The lowest BCUT2D eigenvalue weighted by Crippen LogP contribution is -2.17. The summed E-state index contributed by atoms with van der Waals surface area (Å²) in [4.78, 5) is 12.1. The number of nitrogens with zero attached hydrogens (tertiary/aromatic N) is 2. The summed E-state index contributed by atoms with van der Waals surface area (Å²) in [5.41, 5.74) is 2.83. The lowest BCUT2D eigenvalue weighted by molar-refractivity contribution is -0.118. The van der Waals surface area contributed by atoms with Crippen LogP contribution in [-0.2, 0) is 21.1 Å². The Bertz CT molecular complexity index is 767. The molecule has 0 saturated heterocycles. The summed E-state index contributed by atoms with van der Waals surface area (Å²) < 4.78 is 27.3. The van der Waals surface area contributed by atoms with Crippen molar-refractivity contribution in [3.63, 3.8) is 0 Å². The summed E-state index contributed by atoms with van der Waals surface area (Å²) >= 11 is 1.31. The molecule has 5 nitrogen and oxygen atoms in total. The van der Waals surface area contributed by atoms with Crippen molar-refractivity contribution in [2.24, 2.45) is 0 Å². The number of hydrogen-bond donors (Lipinski definition) is 0. The van der Waals surface area contributed by atoms with E-state index in [4.69, 9.17) is 0 Å². The lowest BCUT2D eigenvalue weighted by Gasteiger charge is -2.07. The third-order valence-electron chi connectivity index (χ3n) is 4.11. The maximum absolute atomic E-state index is 12.1. The number of aromatic nitrogens is 2. The molecule has 0 aliphatic rings. The molecule has 7 heteroatoms. The monoisotopic (exact) mass is 380 g/mol. The molecule has 1 aromatic carbocycles. The van der Waals surface area contributed by atoms with E-state index in [0.29, 0.717) is 19.3 Å². The van der Waals surface area contributed by atoms with Crippen LogP contribution in [0.3, 0.4) is 0 Å². The Kier molecular flexibility index (Phi) is 7.25. The summed E-state index contributed by atoms with van der Waals surface area (Å²) in [6, 6.07) is 7.80. The minimum Gasteiger partial charge on any atom is -0.299 e. The number of unbranched alkanes of at least 4 members (excludes halogenated alkanes) is 2. The fourth-order valence-electron chi connectivity index (χ4n) is 2.44. The van der Waals surface area contributed by atoms with Gasteiger partial charge in [0.2, 0.25) is 0 Å². The van der Waals surface area contributed by atoms with Crippen LogP contribution in [0.4, 0.5) is 0 Å². The van der Waals surface area contributed by atoms with Crippen molar-refractivity contribution in [3.8, 4) is 11.3 Å². The van der Waals surface area contributed by atoms with Gasteiger partial charge in [-0.3, -0.25) is 4.79 Å². The van der Waals surface area contributed by atoms with Crippen LogP contribution in [0, 0.1) is 0 Å². The van der Waals surface area contributed by atoms with Gasteiger partial charge < -0.3 is 0 Å². The van der Waals surface area contributed by atoms with Gasteiger partial charge in [-0.15, -0.1) is 5.10 Å². The highest BCUT2D eigenvalue weighted by molar-refractivity contribution is 7.91. The number of sulfone groups is 1. The molecule has 0 atom stereocenters. The normalized spacial score (nSPS) is 11.8. The van der Waals surface area contributed by atoms with E-state index in [-0.39, 0.29) is 16.8 Å². The predicted molar refractivity (Wildman–Crippen MR) is 101 cm³/mol. The van der Waals surface area contributed by atoms with Crippen molar-refractivity contribution >= 4 is 27.2 Å². The summed E-state index contributed by atoms with van der Waals surface area (Å²) in [5.74, 6) is 0.404. The quantitative estimate of drug-likeness (QED) is 0.587. The molecule has 0 amide bonds. The summed E-state index contributed by atoms with van der Waals surface area (Å²) in [6.07, 6.45) is 3.06. The van der Waals surface area contributed by atoms with Gasteiger partial charge in [0.15, 0.2) is 9.84 Å². The molecular weight excluding hydrogens is 356 g/mol. The minimum absolute atomic E-state index is 0.190. The van der Waals surface area contributed by atoms with Crippen LogP contribution in [0.2, 0.25) is 0 Å². The summed E-state index contributed by atoms with van der Waals surface area (Å²) in [7, 11) is -2.96. The van der Waals surface area contributed by atoms with E-state index in [1.807, 2.05) is 29.6 Å². The van der Waals surface area contributed by atoms with Crippen molar-refractivity contribution in [2.75, 3.05) is 5.75 Å². The first kappa shape index (κ1) is 19.7. The number of rotatable bonds is 10. The van der Waals surface area contributed by atoms with Gasteiger partial charge in [-0.05, 0) is 43.8 Å². The number of Topliss-reactive ketones (excluding diaryl/α,β-unsaturated/α-hetero) is 1. The second-order valence-corrected chi connectivity index (χ2v) is 9.72. The van der Waals surface area contributed by atoms with Crippen molar-refractivity contribution < 1.29 is 13.2 Å². The zero-order valence-electron chi connectivity index (χ0n) is 14.6. The standard InChI is InChI=1S/C18H24N2O3S2/c1-14(2)25(22,23)11-5-3-4-6-17(21)12-15-7-9-16(10-8-15)18-13-24-20-19-18/h7-10,13-14H,3-6,11-12H2,1-2H3. The zero-order chi connectivity index (χ0) is 18.3. The van der Waals surface area contributed by atoms with Gasteiger partial charge in [-0.1, -0.05) is 35.2 Å². The van der Waals surface area contributed by atoms with E-state index >= 15 is 0 Å². The molecule has 0 unspecified atom stereocenters. The third-order valence-corrected chi connectivity index (χ3v) is 6.91. The fraction of sp³-hybridized carbons (Fsp3) is 0.500. The van der Waals surface area contributed by atoms with E-state index in [1.54, 1.807) is 13.8 Å². The van der Waals surface area contributed by atoms with Crippen LogP contribution in [0.25, 0.3) is 11.3 Å². The molecule has 25 heavy (non-hydrogen) atoms. The molecular formula is C18H24N2O3S2. The first-order valence-corrected chi connectivity index (χ1v) is 11.0. The zero-order valence-corrected chi connectivity index (χ0v) is 16.3. The second-order valence-electron chi connectivity index (χ2n) is 6.43. The van der Waals surface area contributed by atoms with Gasteiger partial charge in [-0.2, -0.15) is 0 Å². The van der Waals surface area contributed by atoms with Crippen LogP contribution >= 0.6 is 11.5 Å². The molecule has 0 fully saturated rings. The average molecular weight is 381 g/mol. The van der Waals surface area contributed by atoms with Crippen LogP contribution in [0.1, 0.15) is 45.1 Å². The molecule has 1 aromatic heterocycles. The molecule has 136 valence electrons. The van der Waals surface area contributed by atoms with Crippen LogP contribution < -0.4 is 0 Å². The molecule has 0 radical (unpaired) electrons. The predicted octanol–water partition coefficient (Wildman–Crippen LogP) is 3.70. The van der Waals surface area contributed by atoms with Crippen molar-refractivity contribution in [1.82, 2.24) is 9.59 Å². The first-order valence-electron chi connectivity index (χ1n) is 8.48. The van der Waals surface area contributed by atoms with Crippen molar-refractivity contribution in [1.29, 1.82) is 0 Å². The lowest BCUT2D eigenvalue weighted by atomic mass is 10.0. The molecule has 0 saturated carbocycles. The highest BCUT2D eigenvalue weighted by Gasteiger charge is 2.15. The molecule has 2 rings (SSSR count). The highest BCUT2D eigenvalue weighted by Crippen LogP contribution is 2.18. The van der Waals surface area contributed by atoms with Gasteiger partial charge >= 0.3 is 0 Å². The van der Waals surface area contributed by atoms with Crippen LogP contribution in [0.15, 0.2) is 29.6 Å². The SMILES string of the molecule is CC(C)S(=O)(=O)CCCCCC(=O)Cc1ccc(-c2csnn2)cc1. The van der Waals surface area contributed by atoms with Crippen LogP contribution in [-0.4, -0.2) is 34.8 Å². The fourth-order valence-corrected chi connectivity index (χ4v) is 3.98. The third kappa shape index (κ3) is 6.32. The summed E-state index contributed by atoms with van der Waals surface area (Å²) in [5, 5.41) is 5.59. The maximum atomic E-state index is 12.1. The molecule has 0 aliphatic heterocycles. The Labute approximate surface area is 153 Å². The second kappa shape index (κ2) is 9.20. The molecule has 0 spiro atoms. The molecule has 1 heterocycles. The topological polar surface area (TPSA) is 77.0 Å². The smallest absolute Gasteiger partial charge is 0.152 e. The number of carbonyl (C=O) groups excluding carboxylic acids is 1. The molecule has 0 N–H and O–H groups in total. The van der Waals surface area contributed by atoms with E-state index in [1.165, 1.54) is 11.5 Å². The van der Waals surface area contributed by atoms with Gasteiger partial charge in [0.1, 0.15) is 11.5 Å².